The first-order valence-corrected chi connectivity index (χ1v) is 9.64. The molecule has 0 heterocycles. The Morgan fingerprint density at radius 3 is 2.31 bits per heavy atom. The quantitative estimate of drug-likeness (QED) is 0.484. The molecule has 0 unspecified atom stereocenters. The Hall–Kier alpha value is -2.32. The average molecular weight is 433 g/mol. The number of rotatable bonds is 8. The molecule has 0 aliphatic heterocycles. The van der Waals surface area contributed by atoms with Gasteiger partial charge in [0.05, 0.1) is 17.8 Å². The molecule has 0 aliphatic rings. The van der Waals surface area contributed by atoms with Gasteiger partial charge in [-0.2, -0.15) is 0 Å². The lowest BCUT2D eigenvalue weighted by Gasteiger charge is -2.28. The SMILES string of the molecule is C#CC(CC)(CC)NCC(=O)N(C)c1ccc(Cl)cc1C(=O)c1ccccc1.Cl. The maximum absolute atomic E-state index is 13.0. The van der Waals surface area contributed by atoms with E-state index in [2.05, 4.69) is 11.2 Å². The van der Waals surface area contributed by atoms with Gasteiger partial charge >= 0.3 is 0 Å². The number of halogens is 2. The minimum absolute atomic E-state index is 0. The molecule has 29 heavy (non-hydrogen) atoms. The maximum Gasteiger partial charge on any atom is 0.240 e. The number of ketones is 1. The van der Waals surface area contributed by atoms with E-state index in [1.807, 2.05) is 19.9 Å². The number of terminal acetylenes is 1. The number of carbonyl (C=O) groups is 2. The average Bonchev–Trinajstić information content (AvgIpc) is 2.74. The van der Waals surface area contributed by atoms with Gasteiger partial charge in [0, 0.05) is 23.2 Å². The molecule has 2 aromatic carbocycles. The van der Waals surface area contributed by atoms with Gasteiger partial charge < -0.3 is 4.90 Å². The van der Waals surface area contributed by atoms with Crippen LogP contribution >= 0.6 is 24.0 Å². The first-order valence-electron chi connectivity index (χ1n) is 9.26. The van der Waals surface area contributed by atoms with Gasteiger partial charge in [0.25, 0.3) is 0 Å². The van der Waals surface area contributed by atoms with Gasteiger partial charge in [0.1, 0.15) is 0 Å². The summed E-state index contributed by atoms with van der Waals surface area (Å²) >= 11 is 6.12. The minimum Gasteiger partial charge on any atom is -0.314 e. The monoisotopic (exact) mass is 432 g/mol. The smallest absolute Gasteiger partial charge is 0.240 e. The van der Waals surface area contributed by atoms with Crippen LogP contribution in [0.2, 0.25) is 5.02 Å². The molecule has 1 N–H and O–H groups in total. The van der Waals surface area contributed by atoms with Gasteiger partial charge in [-0.15, -0.1) is 18.8 Å². The summed E-state index contributed by atoms with van der Waals surface area (Å²) in [5, 5.41) is 3.62. The van der Waals surface area contributed by atoms with Crippen molar-refractivity contribution in [3.8, 4) is 12.3 Å². The van der Waals surface area contributed by atoms with Crippen LogP contribution in [0.3, 0.4) is 0 Å². The van der Waals surface area contributed by atoms with Crippen LogP contribution < -0.4 is 10.2 Å². The topological polar surface area (TPSA) is 49.4 Å². The Morgan fingerprint density at radius 2 is 1.76 bits per heavy atom. The van der Waals surface area contributed by atoms with E-state index in [0.29, 0.717) is 21.8 Å². The molecule has 154 valence electrons. The van der Waals surface area contributed by atoms with Crippen LogP contribution in [0.4, 0.5) is 5.69 Å². The Labute approximate surface area is 184 Å². The summed E-state index contributed by atoms with van der Waals surface area (Å²) in [6, 6.07) is 13.9. The van der Waals surface area contributed by atoms with Gasteiger partial charge in [0.2, 0.25) is 5.91 Å². The van der Waals surface area contributed by atoms with Gasteiger partial charge in [-0.1, -0.05) is 61.7 Å². The minimum atomic E-state index is -0.515. The van der Waals surface area contributed by atoms with E-state index < -0.39 is 5.54 Å². The molecular weight excluding hydrogens is 407 g/mol. The number of hydrogen-bond acceptors (Lipinski definition) is 3. The lowest BCUT2D eigenvalue weighted by Crippen LogP contribution is -2.48. The van der Waals surface area contributed by atoms with Crippen LogP contribution in [0.5, 0.6) is 0 Å². The molecule has 4 nitrogen and oxygen atoms in total. The van der Waals surface area contributed by atoms with E-state index in [1.165, 1.54) is 4.90 Å². The summed E-state index contributed by atoms with van der Waals surface area (Å²) in [6.07, 6.45) is 7.09. The lowest BCUT2D eigenvalue weighted by molar-refractivity contribution is -0.117. The van der Waals surface area contributed by atoms with E-state index in [1.54, 1.807) is 49.5 Å². The predicted molar refractivity (Wildman–Crippen MR) is 122 cm³/mol. The Bertz CT molecular complexity index is 887. The number of benzene rings is 2. The Balaban J connectivity index is 0.00000420. The Kier molecular flexibility index (Phi) is 9.39. The highest BCUT2D eigenvalue weighted by Gasteiger charge is 2.25. The van der Waals surface area contributed by atoms with Crippen molar-refractivity contribution in [3.63, 3.8) is 0 Å². The van der Waals surface area contributed by atoms with Crippen molar-refractivity contribution in [1.29, 1.82) is 0 Å². The van der Waals surface area contributed by atoms with Gasteiger partial charge in [-0.3, -0.25) is 14.9 Å². The second-order valence-corrected chi connectivity index (χ2v) is 7.03. The molecule has 2 aromatic rings. The molecule has 0 aliphatic carbocycles. The summed E-state index contributed by atoms with van der Waals surface area (Å²) in [6.45, 7) is 4.05. The molecule has 0 fully saturated rings. The number of carbonyl (C=O) groups excluding carboxylic acids is 2. The van der Waals surface area contributed by atoms with Crippen LogP contribution in [0.15, 0.2) is 48.5 Å². The highest BCUT2D eigenvalue weighted by Crippen LogP contribution is 2.26. The first kappa shape index (κ1) is 24.7. The molecule has 0 saturated heterocycles. The van der Waals surface area contributed by atoms with E-state index in [9.17, 15) is 9.59 Å². The van der Waals surface area contributed by atoms with Crippen molar-refractivity contribution in [2.24, 2.45) is 0 Å². The van der Waals surface area contributed by atoms with Gasteiger partial charge in [-0.25, -0.2) is 0 Å². The zero-order valence-electron chi connectivity index (χ0n) is 16.9. The molecule has 6 heteroatoms. The number of nitrogens with one attached hydrogen (secondary N) is 1. The van der Waals surface area contributed by atoms with Crippen LogP contribution in [0.1, 0.15) is 42.6 Å². The molecular formula is C23H26Cl2N2O2. The molecule has 1 amide bonds. The lowest BCUT2D eigenvalue weighted by atomic mass is 9.94. The van der Waals surface area contributed by atoms with Crippen LogP contribution in [-0.4, -0.2) is 30.8 Å². The van der Waals surface area contributed by atoms with E-state index in [4.69, 9.17) is 18.0 Å². The third kappa shape index (κ3) is 5.83. The fourth-order valence-electron chi connectivity index (χ4n) is 2.98. The van der Waals surface area contributed by atoms with Gasteiger partial charge in [-0.05, 0) is 31.0 Å². The summed E-state index contributed by atoms with van der Waals surface area (Å²) in [5.41, 5.74) is 0.903. The molecule has 0 saturated carbocycles. The van der Waals surface area contributed by atoms with E-state index in [0.717, 1.165) is 12.8 Å². The first-order chi connectivity index (χ1) is 13.4. The van der Waals surface area contributed by atoms with Crippen LogP contribution in [0, 0.1) is 12.3 Å². The summed E-state index contributed by atoms with van der Waals surface area (Å²) in [5.74, 6) is 2.38. The van der Waals surface area contributed by atoms with Crippen molar-refractivity contribution >= 4 is 41.4 Å². The van der Waals surface area contributed by atoms with Crippen molar-refractivity contribution in [1.82, 2.24) is 5.32 Å². The zero-order chi connectivity index (χ0) is 20.7. The summed E-state index contributed by atoms with van der Waals surface area (Å²) < 4.78 is 0. The summed E-state index contributed by atoms with van der Waals surface area (Å²) in [4.78, 5) is 27.2. The largest absolute Gasteiger partial charge is 0.314 e. The molecule has 0 spiro atoms. The molecule has 2 rings (SSSR count). The highest BCUT2D eigenvalue weighted by atomic mass is 35.5. The van der Waals surface area contributed by atoms with Gasteiger partial charge in [0.15, 0.2) is 5.78 Å². The number of hydrogen-bond donors (Lipinski definition) is 1. The fourth-order valence-corrected chi connectivity index (χ4v) is 3.15. The number of amides is 1. The third-order valence-corrected chi connectivity index (χ3v) is 5.27. The van der Waals surface area contributed by atoms with Crippen molar-refractivity contribution in [2.75, 3.05) is 18.5 Å². The van der Waals surface area contributed by atoms with E-state index >= 15 is 0 Å². The van der Waals surface area contributed by atoms with Crippen molar-refractivity contribution < 1.29 is 9.59 Å². The second kappa shape index (κ2) is 11.0. The molecule has 0 aromatic heterocycles. The maximum atomic E-state index is 13.0. The predicted octanol–water partition coefficient (Wildman–Crippen LogP) is 4.74. The number of anilines is 1. The molecule has 0 radical (unpaired) electrons. The summed E-state index contributed by atoms with van der Waals surface area (Å²) in [7, 11) is 1.64. The van der Waals surface area contributed by atoms with Crippen LogP contribution in [-0.2, 0) is 4.79 Å². The van der Waals surface area contributed by atoms with Crippen molar-refractivity contribution in [3.05, 3.63) is 64.7 Å². The van der Waals surface area contributed by atoms with Crippen LogP contribution in [0.25, 0.3) is 0 Å². The van der Waals surface area contributed by atoms with E-state index in [-0.39, 0.29) is 30.6 Å². The molecule has 0 atom stereocenters. The normalized spacial score (nSPS) is 10.6. The highest BCUT2D eigenvalue weighted by molar-refractivity contribution is 6.31. The standard InChI is InChI=1S/C23H25ClN2O2.ClH/c1-5-23(6-2,7-3)25-16-21(27)26(4)20-14-13-18(24)15-19(20)22(28)17-11-9-8-10-12-17;/h1,8-15,25H,6-7,16H2,2-4H3;1H. The Morgan fingerprint density at radius 1 is 1.14 bits per heavy atom. The zero-order valence-corrected chi connectivity index (χ0v) is 18.4. The third-order valence-electron chi connectivity index (χ3n) is 5.04. The second-order valence-electron chi connectivity index (χ2n) is 6.60. The molecule has 0 bridgehead atoms. The number of nitrogens with zero attached hydrogens (tertiary/aromatic N) is 1. The number of likely N-dealkylation sites (N-methyl/N-ethyl adjacent to an activating group) is 1. The van der Waals surface area contributed by atoms with Crippen molar-refractivity contribution in [2.45, 2.75) is 32.2 Å². The fraction of sp³-hybridized carbons (Fsp3) is 0.304.